The van der Waals surface area contributed by atoms with Crippen molar-refractivity contribution in [3.63, 3.8) is 0 Å². The Kier molecular flexibility index (Phi) is 27.3. The summed E-state index contributed by atoms with van der Waals surface area (Å²) in [6.45, 7) is 21.9. The summed E-state index contributed by atoms with van der Waals surface area (Å²) in [6, 6.07) is 21.2. The number of aromatic nitrogens is 2. The molecule has 4 N–H and O–H groups in total. The van der Waals surface area contributed by atoms with Crippen molar-refractivity contribution in [3.05, 3.63) is 159 Å². The third-order valence-corrected chi connectivity index (χ3v) is 23.1. The third-order valence-electron chi connectivity index (χ3n) is 22.6. The van der Waals surface area contributed by atoms with Crippen LogP contribution in [0.2, 0.25) is 10.0 Å². The summed E-state index contributed by atoms with van der Waals surface area (Å²) < 4.78 is 65.7. The van der Waals surface area contributed by atoms with Crippen molar-refractivity contribution in [2.45, 2.75) is 230 Å². The fourth-order valence-electron chi connectivity index (χ4n) is 16.5. The van der Waals surface area contributed by atoms with Gasteiger partial charge in [0.1, 0.15) is 54.0 Å². The van der Waals surface area contributed by atoms with Crippen LogP contribution in [0.25, 0.3) is 0 Å². The molecule has 13 rings (SSSR count). The van der Waals surface area contributed by atoms with Crippen LogP contribution in [0.4, 0.5) is 5.69 Å². The molecule has 24 heteroatoms. The molecular formula is C82H109Cl2N5O17. The van der Waals surface area contributed by atoms with Crippen LogP contribution in [0.5, 0.6) is 5.75 Å². The predicted octanol–water partition coefficient (Wildman–Crippen LogP) is 13.3. The van der Waals surface area contributed by atoms with E-state index in [-0.39, 0.29) is 42.5 Å². The number of carboxylic acids is 1. The normalized spacial score (nSPS) is 34.2. The quantitative estimate of drug-likeness (QED) is 0.0373. The van der Waals surface area contributed by atoms with Crippen LogP contribution in [0.1, 0.15) is 156 Å². The molecule has 0 radical (unpaired) electrons. The molecule has 22 nitrogen and oxygen atoms in total. The van der Waals surface area contributed by atoms with Crippen molar-refractivity contribution in [3.8, 4) is 5.75 Å². The summed E-state index contributed by atoms with van der Waals surface area (Å²) in [5.41, 5.74) is 4.32. The highest BCUT2D eigenvalue weighted by molar-refractivity contribution is 6.35. The molecule has 1 amide bonds. The lowest BCUT2D eigenvalue weighted by atomic mass is 9.71. The smallest absolute Gasteiger partial charge is 0.316 e. The maximum Gasteiger partial charge on any atom is 0.316 e. The largest absolute Gasteiger partial charge is 0.491 e. The van der Waals surface area contributed by atoms with Crippen LogP contribution in [0.15, 0.2) is 138 Å². The minimum absolute atomic E-state index is 0.0359. The molecule has 9 aliphatic rings. The number of nitrogens with zero attached hydrogens (tertiary/aromatic N) is 5. The Bertz CT molecular complexity index is 3760. The third kappa shape index (κ3) is 19.2. The van der Waals surface area contributed by atoms with Gasteiger partial charge >= 0.3 is 11.9 Å². The molecule has 3 aromatic carbocycles. The van der Waals surface area contributed by atoms with Crippen molar-refractivity contribution in [2.24, 2.45) is 34.7 Å². The molecule has 2 aliphatic carbocycles. The predicted molar refractivity (Wildman–Crippen MR) is 402 cm³/mol. The molecule has 578 valence electrons. The van der Waals surface area contributed by atoms with Gasteiger partial charge in [-0.15, -0.1) is 0 Å². The number of carbonyl (C=O) groups is 3. The van der Waals surface area contributed by atoms with Crippen LogP contribution >= 0.6 is 23.2 Å². The van der Waals surface area contributed by atoms with E-state index in [1.165, 1.54) is 24.8 Å². The first kappa shape index (κ1) is 80.5. The summed E-state index contributed by atoms with van der Waals surface area (Å²) in [5, 5.41) is 46.5. The molecule has 2 bridgehead atoms. The number of allylic oxidation sites excluding steroid dienone is 2. The molecular weight excluding hydrogens is 1400 g/mol. The van der Waals surface area contributed by atoms with E-state index in [1.807, 2.05) is 89.3 Å². The summed E-state index contributed by atoms with van der Waals surface area (Å²) >= 11 is 12.7. The Morgan fingerprint density at radius 1 is 0.906 bits per heavy atom. The summed E-state index contributed by atoms with van der Waals surface area (Å²) in [4.78, 5) is 45.0. The molecule has 17 atom stereocenters. The summed E-state index contributed by atoms with van der Waals surface area (Å²) in [7, 11) is 1.59. The second-order valence-corrected chi connectivity index (χ2v) is 31.6. The van der Waals surface area contributed by atoms with Gasteiger partial charge in [0.15, 0.2) is 12.1 Å². The molecule has 6 saturated heterocycles. The molecule has 4 aromatic rings. The van der Waals surface area contributed by atoms with Gasteiger partial charge in [0.05, 0.1) is 67.5 Å². The summed E-state index contributed by atoms with van der Waals surface area (Å²) in [6.07, 6.45) is 20.4. The number of aliphatic hydroxyl groups excluding tert-OH is 1. The van der Waals surface area contributed by atoms with E-state index in [0.29, 0.717) is 96.4 Å². The minimum Gasteiger partial charge on any atom is -0.491 e. The number of hydrogen-bond acceptors (Lipinski definition) is 19. The van der Waals surface area contributed by atoms with Crippen LogP contribution in [0, 0.1) is 29.6 Å². The Hall–Kier alpha value is -6.51. The molecule has 1 aromatic heterocycles. The van der Waals surface area contributed by atoms with Crippen molar-refractivity contribution in [2.75, 3.05) is 58.0 Å². The van der Waals surface area contributed by atoms with Gasteiger partial charge in [-0.3, -0.25) is 14.4 Å². The number of carbonyl (C=O) groups excluding carboxylic acids is 2. The number of anilines is 1. The van der Waals surface area contributed by atoms with Crippen LogP contribution in [0.3, 0.4) is 0 Å². The molecule has 1 spiro atoms. The van der Waals surface area contributed by atoms with E-state index >= 15 is 0 Å². The lowest BCUT2D eigenvalue weighted by Gasteiger charge is -2.51. The zero-order valence-electron chi connectivity index (χ0n) is 62.9. The van der Waals surface area contributed by atoms with E-state index in [4.69, 9.17) is 75.7 Å². The number of piperazine rings is 1. The summed E-state index contributed by atoms with van der Waals surface area (Å²) in [5.74, 6) is -2.59. The molecule has 1 saturated carbocycles. The number of ether oxygens (including phenoxy) is 10. The lowest BCUT2D eigenvalue weighted by molar-refractivity contribution is -0.342. The van der Waals surface area contributed by atoms with E-state index in [2.05, 4.69) is 55.7 Å². The first-order chi connectivity index (χ1) is 50.8. The number of imidazole rings is 1. The number of hydrogen-bond donors (Lipinski definition) is 4. The van der Waals surface area contributed by atoms with E-state index in [0.717, 1.165) is 74.4 Å². The Labute approximate surface area is 633 Å². The SMILES string of the molecule is CC(=O)N1CCN(c2ccc(OC[C@H]3CO[C@](Cn4ccnc4)(c4ccc(Cl)cc4Cl)O3)cc2)CC1.CC(C)Cc1ccc(C(C)C(=O)O)cc1.CO[C@H]1C[C@H](O[C@@H]2/C(C)=C/C[C@@H]3C[C@@H](C[C@]4(CC[C@H](C)[C@@H](C5CCCCC5)O4)O3)OC(=O)[C@@H]3C=C(C)/C(=N/O)[C@H]4OC/C(=C\C=C\[C@@H]2C)[C@]43O)O[C@@H](C)[C@@H]1O. The molecule has 7 fully saturated rings. The number of benzene rings is 3. The zero-order chi connectivity index (χ0) is 75.6. The molecule has 1 unspecified atom stereocenters. The number of halogens is 2. The van der Waals surface area contributed by atoms with Crippen molar-refractivity contribution in [1.82, 2.24) is 14.5 Å². The zero-order valence-corrected chi connectivity index (χ0v) is 64.4. The first-order valence-corrected chi connectivity index (χ1v) is 38.7. The highest BCUT2D eigenvalue weighted by atomic mass is 35.5. The van der Waals surface area contributed by atoms with Crippen molar-refractivity contribution < 1.29 is 82.3 Å². The average molecular weight is 1510 g/mol. The maximum atomic E-state index is 14.4. The highest BCUT2D eigenvalue weighted by Gasteiger charge is 2.60. The van der Waals surface area contributed by atoms with E-state index in [1.54, 1.807) is 64.7 Å². The van der Waals surface area contributed by atoms with Gasteiger partial charge < -0.3 is 82.3 Å². The van der Waals surface area contributed by atoms with Crippen molar-refractivity contribution in [1.29, 1.82) is 0 Å². The number of methoxy groups -OCH3 is 1. The maximum absolute atomic E-state index is 14.4. The lowest BCUT2D eigenvalue weighted by Crippen LogP contribution is -2.57. The van der Waals surface area contributed by atoms with Gasteiger partial charge in [-0.1, -0.05) is 136 Å². The number of amides is 1. The Balaban J connectivity index is 0.000000187. The number of esters is 1. The first-order valence-electron chi connectivity index (χ1n) is 37.9. The number of rotatable bonds is 15. The van der Waals surface area contributed by atoms with E-state index in [9.17, 15) is 29.8 Å². The van der Waals surface area contributed by atoms with Crippen LogP contribution in [-0.2, 0) is 75.8 Å². The van der Waals surface area contributed by atoms with Crippen LogP contribution in [-0.4, -0.2) is 184 Å². The monoisotopic (exact) mass is 1510 g/mol. The fourth-order valence-corrected chi connectivity index (χ4v) is 17.1. The average Bonchev–Trinajstić information content (AvgIpc) is 1.52. The number of aliphatic hydroxyl groups is 2. The fraction of sp³-hybridized carbons (Fsp3) is 0.598. The Morgan fingerprint density at radius 2 is 1.65 bits per heavy atom. The van der Waals surface area contributed by atoms with E-state index < -0.39 is 83.9 Å². The molecule has 7 aliphatic heterocycles. The topological polar surface area (TPSA) is 261 Å². The van der Waals surface area contributed by atoms with Gasteiger partial charge in [0, 0.05) is 100 Å². The van der Waals surface area contributed by atoms with Gasteiger partial charge in [-0.2, -0.15) is 0 Å². The second-order valence-electron chi connectivity index (χ2n) is 30.8. The second kappa shape index (κ2) is 35.9. The molecule has 8 heterocycles. The standard InChI is InChI=1S/C43H63NO11.C26H28Cl2N4O4.C13H18O2/c1-24-11-10-14-30-23-50-40-36(44-48)27(4)19-33(43(30,40)47)41(46)52-32-20-31(16-15-25(2)38(24)53-35-21-34(49-6)37(45)28(5)51-35)54-42(22-32)18-17-26(3)39(55-42)29-12-8-7-9-13-29;1-19(33)31-10-12-32(13-11-31)21-3-5-22(6-4-21)34-15-23-16-35-26(36-23,17-30-9-8-29-18-30)24-7-2-20(27)14-25(24)28;1-9(2)8-11-4-6-12(7-5-11)10(3)13(14)15/h10-11,14-15,19,24,26,28-29,31-35,37-40,45,47-48H,7-9,12-13,16-18,20-23H2,1-6H3;2-9,14,18,23H,10-13,15-17H2,1H3;4-7,9-10H,8H2,1-3H3,(H,14,15)/b11-10+,25-15+,30-14+,44-36-;;/t24-,26-,28-,31+,32-,33-,34-,35-,37-,38-,39-,40+,42+,43+;23-,26-;/m00./s1. The van der Waals surface area contributed by atoms with Gasteiger partial charge in [0.2, 0.25) is 11.7 Å². The Morgan fingerprint density at radius 3 is 2.32 bits per heavy atom. The number of carboxylic acid groups (broad SMARTS) is 1. The van der Waals surface area contributed by atoms with Gasteiger partial charge in [0.25, 0.3) is 0 Å². The highest BCUT2D eigenvalue weighted by Crippen LogP contribution is 2.49. The van der Waals surface area contributed by atoms with Gasteiger partial charge in [-0.05, 0) is 142 Å². The molecule has 106 heavy (non-hydrogen) atoms. The number of aliphatic carboxylic acids is 1. The van der Waals surface area contributed by atoms with Crippen LogP contribution < -0.4 is 9.64 Å². The number of oxime groups is 1. The minimum atomic E-state index is -1.83. The van der Waals surface area contributed by atoms with Crippen molar-refractivity contribution >= 4 is 52.4 Å². The van der Waals surface area contributed by atoms with Gasteiger partial charge in [-0.25, -0.2) is 4.98 Å². The number of fused-ring (bicyclic) bond motifs is 2.